The largest absolute Gasteiger partial charge is 0.481 e. The minimum Gasteiger partial charge on any atom is -0.481 e. The SMILES string of the molecule is O=C(O)[C@H]1CC[C@@H](C(=O)N2CCC(C(=O)N3CCc4ccccc4C3)CC2)C1. The lowest BCUT2D eigenvalue weighted by molar-refractivity contribution is -0.144. The van der Waals surface area contributed by atoms with Crippen LogP contribution >= 0.6 is 0 Å². The number of hydrogen-bond donors (Lipinski definition) is 1. The molecule has 2 atom stereocenters. The summed E-state index contributed by atoms with van der Waals surface area (Å²) in [5.41, 5.74) is 2.58. The van der Waals surface area contributed by atoms with E-state index >= 15 is 0 Å². The second-order valence-corrected chi connectivity index (χ2v) is 8.42. The fraction of sp³-hybridized carbons (Fsp3) is 0.591. The monoisotopic (exact) mass is 384 g/mol. The van der Waals surface area contributed by atoms with E-state index < -0.39 is 5.97 Å². The van der Waals surface area contributed by atoms with E-state index in [1.54, 1.807) is 0 Å². The van der Waals surface area contributed by atoms with E-state index in [0.717, 1.165) is 13.0 Å². The number of amides is 2. The Bertz CT molecular complexity index is 770. The van der Waals surface area contributed by atoms with Gasteiger partial charge in [0.05, 0.1) is 5.92 Å². The van der Waals surface area contributed by atoms with Crippen molar-refractivity contribution in [2.75, 3.05) is 19.6 Å². The number of carbonyl (C=O) groups is 3. The molecule has 4 rings (SSSR count). The average Bonchev–Trinajstić information content (AvgIpc) is 3.23. The average molecular weight is 384 g/mol. The first-order chi connectivity index (χ1) is 13.5. The van der Waals surface area contributed by atoms with Gasteiger partial charge in [-0.2, -0.15) is 0 Å². The molecule has 1 N–H and O–H groups in total. The van der Waals surface area contributed by atoms with Crippen molar-refractivity contribution in [1.29, 1.82) is 0 Å². The smallest absolute Gasteiger partial charge is 0.306 e. The maximum Gasteiger partial charge on any atom is 0.306 e. The number of hydrogen-bond acceptors (Lipinski definition) is 3. The third kappa shape index (κ3) is 3.77. The van der Waals surface area contributed by atoms with Crippen LogP contribution in [0.2, 0.25) is 0 Å². The zero-order valence-electron chi connectivity index (χ0n) is 16.2. The molecule has 1 saturated carbocycles. The summed E-state index contributed by atoms with van der Waals surface area (Å²) in [6.45, 7) is 2.67. The predicted octanol–water partition coefficient (Wildman–Crippen LogP) is 2.31. The van der Waals surface area contributed by atoms with Gasteiger partial charge in [0.1, 0.15) is 0 Å². The van der Waals surface area contributed by atoms with Crippen LogP contribution in [0.4, 0.5) is 0 Å². The van der Waals surface area contributed by atoms with Crippen molar-refractivity contribution in [2.24, 2.45) is 17.8 Å². The molecule has 2 heterocycles. The Morgan fingerprint density at radius 3 is 2.11 bits per heavy atom. The Morgan fingerprint density at radius 1 is 0.786 bits per heavy atom. The van der Waals surface area contributed by atoms with Crippen LogP contribution < -0.4 is 0 Å². The molecule has 0 radical (unpaired) electrons. The van der Waals surface area contributed by atoms with Crippen molar-refractivity contribution in [1.82, 2.24) is 9.80 Å². The van der Waals surface area contributed by atoms with Crippen LogP contribution in [0, 0.1) is 17.8 Å². The van der Waals surface area contributed by atoms with E-state index in [0.29, 0.717) is 51.7 Å². The minimum absolute atomic E-state index is 0.00958. The summed E-state index contributed by atoms with van der Waals surface area (Å²) in [4.78, 5) is 40.6. The first-order valence-electron chi connectivity index (χ1n) is 10.4. The van der Waals surface area contributed by atoms with Crippen molar-refractivity contribution in [3.05, 3.63) is 35.4 Å². The van der Waals surface area contributed by atoms with Crippen molar-refractivity contribution < 1.29 is 19.5 Å². The van der Waals surface area contributed by atoms with Gasteiger partial charge in [-0.05, 0) is 49.7 Å². The lowest BCUT2D eigenvalue weighted by Gasteiger charge is -2.37. The summed E-state index contributed by atoms with van der Waals surface area (Å²) in [6.07, 6.45) is 4.04. The normalized spacial score (nSPS) is 25.4. The van der Waals surface area contributed by atoms with Crippen molar-refractivity contribution in [2.45, 2.75) is 45.1 Å². The predicted molar refractivity (Wildman–Crippen MR) is 103 cm³/mol. The molecule has 1 aliphatic carbocycles. The summed E-state index contributed by atoms with van der Waals surface area (Å²) in [6, 6.07) is 8.31. The highest BCUT2D eigenvalue weighted by Crippen LogP contribution is 2.33. The number of benzene rings is 1. The van der Waals surface area contributed by atoms with E-state index in [4.69, 9.17) is 5.11 Å². The van der Waals surface area contributed by atoms with Gasteiger partial charge in [-0.3, -0.25) is 14.4 Å². The summed E-state index contributed by atoms with van der Waals surface area (Å²) in [5.74, 6) is -1.04. The maximum absolute atomic E-state index is 13.0. The van der Waals surface area contributed by atoms with Gasteiger partial charge in [-0.25, -0.2) is 0 Å². The topological polar surface area (TPSA) is 77.9 Å². The van der Waals surface area contributed by atoms with Gasteiger partial charge in [-0.15, -0.1) is 0 Å². The lowest BCUT2D eigenvalue weighted by Crippen LogP contribution is -2.46. The van der Waals surface area contributed by atoms with Crippen molar-refractivity contribution in [3.63, 3.8) is 0 Å². The van der Waals surface area contributed by atoms with Crippen LogP contribution in [0.1, 0.15) is 43.2 Å². The van der Waals surface area contributed by atoms with Crippen LogP contribution in [0.15, 0.2) is 24.3 Å². The van der Waals surface area contributed by atoms with E-state index in [1.165, 1.54) is 11.1 Å². The van der Waals surface area contributed by atoms with Gasteiger partial charge in [-0.1, -0.05) is 24.3 Å². The summed E-state index contributed by atoms with van der Waals surface area (Å²) >= 11 is 0. The maximum atomic E-state index is 13.0. The summed E-state index contributed by atoms with van der Waals surface area (Å²) in [5, 5.41) is 9.14. The number of fused-ring (bicyclic) bond motifs is 1. The molecular weight excluding hydrogens is 356 g/mol. The fourth-order valence-corrected chi connectivity index (χ4v) is 4.98. The standard InChI is InChI=1S/C22H28N2O4/c25-20(24-12-7-15-3-1-2-4-19(15)14-24)16-8-10-23(11-9-16)21(26)17-5-6-18(13-17)22(27)28/h1-4,16-18H,5-14H2,(H,27,28)/t17-,18+/m1/s1. The Balaban J connectivity index is 1.29. The molecule has 0 bridgehead atoms. The van der Waals surface area contributed by atoms with E-state index in [-0.39, 0.29) is 29.6 Å². The fourth-order valence-electron chi connectivity index (χ4n) is 4.98. The highest BCUT2D eigenvalue weighted by atomic mass is 16.4. The first kappa shape index (κ1) is 19.0. The molecule has 2 fully saturated rings. The number of rotatable bonds is 3. The number of carboxylic acid groups (broad SMARTS) is 1. The molecular formula is C22H28N2O4. The highest BCUT2D eigenvalue weighted by Gasteiger charge is 2.38. The number of nitrogens with zero attached hydrogens (tertiary/aromatic N) is 2. The Kier molecular flexibility index (Phi) is 5.38. The number of piperidine rings is 1. The van der Waals surface area contributed by atoms with Crippen LogP contribution in [-0.2, 0) is 27.3 Å². The van der Waals surface area contributed by atoms with Crippen LogP contribution in [0.3, 0.4) is 0 Å². The van der Waals surface area contributed by atoms with E-state index in [9.17, 15) is 14.4 Å². The molecule has 0 unspecified atom stereocenters. The Hall–Kier alpha value is -2.37. The van der Waals surface area contributed by atoms with Crippen LogP contribution in [-0.4, -0.2) is 52.3 Å². The van der Waals surface area contributed by atoms with E-state index in [2.05, 4.69) is 12.1 Å². The van der Waals surface area contributed by atoms with Gasteiger partial charge in [0.15, 0.2) is 0 Å². The van der Waals surface area contributed by atoms with Gasteiger partial charge in [0.25, 0.3) is 0 Å². The highest BCUT2D eigenvalue weighted by molar-refractivity contribution is 5.82. The number of carbonyl (C=O) groups excluding carboxylic acids is 2. The number of aliphatic carboxylic acids is 1. The Labute approximate surface area is 165 Å². The molecule has 6 heteroatoms. The van der Waals surface area contributed by atoms with Crippen LogP contribution in [0.5, 0.6) is 0 Å². The second kappa shape index (κ2) is 7.94. The quantitative estimate of drug-likeness (QED) is 0.868. The van der Waals surface area contributed by atoms with Gasteiger partial charge in [0.2, 0.25) is 11.8 Å². The molecule has 6 nitrogen and oxygen atoms in total. The summed E-state index contributed by atoms with van der Waals surface area (Å²) in [7, 11) is 0. The molecule has 1 saturated heterocycles. The second-order valence-electron chi connectivity index (χ2n) is 8.42. The molecule has 3 aliphatic rings. The third-order valence-corrected chi connectivity index (χ3v) is 6.73. The molecule has 2 amide bonds. The van der Waals surface area contributed by atoms with E-state index in [1.807, 2.05) is 21.9 Å². The molecule has 2 aliphatic heterocycles. The van der Waals surface area contributed by atoms with Gasteiger partial charge >= 0.3 is 5.97 Å². The molecule has 150 valence electrons. The molecule has 1 aromatic carbocycles. The molecule has 1 aromatic rings. The van der Waals surface area contributed by atoms with Gasteiger partial charge in [0, 0.05) is 38.0 Å². The van der Waals surface area contributed by atoms with Gasteiger partial charge < -0.3 is 14.9 Å². The lowest BCUT2D eigenvalue weighted by atomic mass is 9.92. The van der Waals surface area contributed by atoms with Crippen molar-refractivity contribution in [3.8, 4) is 0 Å². The van der Waals surface area contributed by atoms with Crippen LogP contribution in [0.25, 0.3) is 0 Å². The van der Waals surface area contributed by atoms with Crippen molar-refractivity contribution >= 4 is 17.8 Å². The number of carboxylic acids is 1. The minimum atomic E-state index is -0.789. The first-order valence-corrected chi connectivity index (χ1v) is 10.4. The zero-order chi connectivity index (χ0) is 19.7. The Morgan fingerprint density at radius 2 is 1.43 bits per heavy atom. The molecule has 0 spiro atoms. The molecule has 0 aromatic heterocycles. The summed E-state index contributed by atoms with van der Waals surface area (Å²) < 4.78 is 0. The third-order valence-electron chi connectivity index (χ3n) is 6.73. The molecule has 28 heavy (non-hydrogen) atoms. The zero-order valence-corrected chi connectivity index (χ0v) is 16.2. The number of likely N-dealkylation sites (tertiary alicyclic amines) is 1.